The standard InChI is InChI=1S/C16H24O4/c1-6-12(7-10(4)20-16(19)9(2)3)13-8-14(17)11(5)15(13)18/h6,10-13,15,18H,1-2,7-8H2,3-5H3. The van der Waals surface area contributed by atoms with Gasteiger partial charge in [0.2, 0.25) is 0 Å². The summed E-state index contributed by atoms with van der Waals surface area (Å²) in [5.74, 6) is -0.846. The van der Waals surface area contributed by atoms with Crippen molar-refractivity contribution in [1.82, 2.24) is 0 Å². The van der Waals surface area contributed by atoms with Gasteiger partial charge in [0.15, 0.2) is 0 Å². The molecule has 5 atom stereocenters. The van der Waals surface area contributed by atoms with E-state index >= 15 is 0 Å². The lowest BCUT2D eigenvalue weighted by Crippen LogP contribution is -2.28. The fraction of sp³-hybridized carbons (Fsp3) is 0.625. The van der Waals surface area contributed by atoms with Gasteiger partial charge in [-0.05, 0) is 32.1 Å². The van der Waals surface area contributed by atoms with Crippen LogP contribution in [0.25, 0.3) is 0 Å². The molecule has 0 bridgehead atoms. The second-order valence-electron chi connectivity index (χ2n) is 5.75. The Hall–Kier alpha value is -1.42. The van der Waals surface area contributed by atoms with E-state index in [1.165, 1.54) is 0 Å². The van der Waals surface area contributed by atoms with Gasteiger partial charge in [-0.15, -0.1) is 6.58 Å². The summed E-state index contributed by atoms with van der Waals surface area (Å²) < 4.78 is 5.24. The maximum atomic E-state index is 11.7. The van der Waals surface area contributed by atoms with E-state index in [-0.39, 0.29) is 29.6 Å². The van der Waals surface area contributed by atoms with Crippen LogP contribution >= 0.6 is 0 Å². The molecule has 0 aromatic carbocycles. The number of carbonyl (C=O) groups excluding carboxylic acids is 2. The zero-order valence-corrected chi connectivity index (χ0v) is 12.5. The van der Waals surface area contributed by atoms with Gasteiger partial charge in [0.1, 0.15) is 5.78 Å². The van der Waals surface area contributed by atoms with Crippen LogP contribution < -0.4 is 0 Å². The number of ketones is 1. The average molecular weight is 280 g/mol. The normalized spacial score (nSPS) is 28.8. The molecule has 0 amide bonds. The number of aliphatic hydroxyl groups excluding tert-OH is 1. The van der Waals surface area contributed by atoms with Gasteiger partial charge in [0.05, 0.1) is 12.2 Å². The Morgan fingerprint density at radius 1 is 1.60 bits per heavy atom. The van der Waals surface area contributed by atoms with Crippen molar-refractivity contribution >= 4 is 11.8 Å². The molecule has 1 aliphatic rings. The minimum Gasteiger partial charge on any atom is -0.459 e. The predicted molar refractivity (Wildman–Crippen MR) is 77.0 cm³/mol. The fourth-order valence-electron chi connectivity index (χ4n) is 2.67. The minimum atomic E-state index is -0.644. The van der Waals surface area contributed by atoms with Crippen molar-refractivity contribution < 1.29 is 19.4 Å². The summed E-state index contributed by atoms with van der Waals surface area (Å²) in [6.07, 6.45) is 1.70. The van der Waals surface area contributed by atoms with Gasteiger partial charge in [0.25, 0.3) is 0 Å². The van der Waals surface area contributed by atoms with E-state index in [0.29, 0.717) is 18.4 Å². The van der Waals surface area contributed by atoms with Crippen molar-refractivity contribution in [1.29, 1.82) is 0 Å². The summed E-state index contributed by atoms with van der Waals surface area (Å²) in [6, 6.07) is 0. The molecular weight excluding hydrogens is 256 g/mol. The van der Waals surface area contributed by atoms with Crippen LogP contribution in [0.4, 0.5) is 0 Å². The highest BCUT2D eigenvalue weighted by atomic mass is 16.5. The first-order chi connectivity index (χ1) is 9.27. The monoisotopic (exact) mass is 280 g/mol. The van der Waals surface area contributed by atoms with Crippen molar-refractivity contribution in [3.8, 4) is 0 Å². The summed E-state index contributed by atoms with van der Waals surface area (Å²) in [5, 5.41) is 10.1. The van der Waals surface area contributed by atoms with Crippen LogP contribution in [0.5, 0.6) is 0 Å². The summed E-state index contributed by atoms with van der Waals surface area (Å²) in [4.78, 5) is 23.1. The van der Waals surface area contributed by atoms with Crippen LogP contribution in [0.15, 0.2) is 24.8 Å². The number of aliphatic hydroxyl groups is 1. The molecule has 0 heterocycles. The average Bonchev–Trinajstić information content (AvgIpc) is 2.63. The molecule has 0 saturated heterocycles. The summed E-state index contributed by atoms with van der Waals surface area (Å²) in [7, 11) is 0. The highest BCUT2D eigenvalue weighted by Gasteiger charge is 2.41. The molecule has 4 heteroatoms. The first-order valence-corrected chi connectivity index (χ1v) is 6.97. The third-order valence-electron chi connectivity index (χ3n) is 4.01. The number of ether oxygens (including phenoxy) is 1. The summed E-state index contributed by atoms with van der Waals surface area (Å²) in [5.41, 5.74) is 0.358. The van der Waals surface area contributed by atoms with E-state index in [4.69, 9.17) is 4.74 Å². The maximum Gasteiger partial charge on any atom is 0.333 e. The Bertz CT molecular complexity index is 413. The SMILES string of the molecule is C=CC(CC(C)OC(=O)C(=C)C)C1CC(=O)C(C)C1O. The van der Waals surface area contributed by atoms with Crippen LogP contribution in [0.1, 0.15) is 33.6 Å². The number of hydrogen-bond donors (Lipinski definition) is 1. The van der Waals surface area contributed by atoms with E-state index in [9.17, 15) is 14.7 Å². The second-order valence-corrected chi connectivity index (χ2v) is 5.75. The van der Waals surface area contributed by atoms with E-state index in [1.54, 1.807) is 26.8 Å². The molecule has 112 valence electrons. The lowest BCUT2D eigenvalue weighted by molar-refractivity contribution is -0.144. The Morgan fingerprint density at radius 3 is 2.60 bits per heavy atom. The van der Waals surface area contributed by atoms with Gasteiger partial charge < -0.3 is 9.84 Å². The first-order valence-electron chi connectivity index (χ1n) is 6.97. The fourth-order valence-corrected chi connectivity index (χ4v) is 2.67. The highest BCUT2D eigenvalue weighted by molar-refractivity contribution is 5.87. The molecule has 5 unspecified atom stereocenters. The Morgan fingerprint density at radius 2 is 2.20 bits per heavy atom. The Kier molecular flexibility index (Phi) is 5.69. The van der Waals surface area contributed by atoms with Crippen molar-refractivity contribution in [2.24, 2.45) is 17.8 Å². The van der Waals surface area contributed by atoms with Gasteiger partial charge >= 0.3 is 5.97 Å². The molecule has 1 saturated carbocycles. The quantitative estimate of drug-likeness (QED) is 0.460. The topological polar surface area (TPSA) is 63.6 Å². The van der Waals surface area contributed by atoms with Gasteiger partial charge in [-0.25, -0.2) is 4.79 Å². The molecule has 0 aromatic heterocycles. The number of rotatable bonds is 6. The van der Waals surface area contributed by atoms with Gasteiger partial charge in [-0.3, -0.25) is 4.79 Å². The molecule has 0 radical (unpaired) electrons. The molecule has 1 N–H and O–H groups in total. The molecule has 20 heavy (non-hydrogen) atoms. The smallest absolute Gasteiger partial charge is 0.333 e. The number of esters is 1. The molecule has 1 aliphatic carbocycles. The van der Waals surface area contributed by atoms with Crippen molar-refractivity contribution in [3.63, 3.8) is 0 Å². The lowest BCUT2D eigenvalue weighted by atomic mass is 9.84. The van der Waals surface area contributed by atoms with Gasteiger partial charge in [-0.2, -0.15) is 0 Å². The molecule has 0 aromatic rings. The van der Waals surface area contributed by atoms with Crippen molar-refractivity contribution in [2.45, 2.75) is 45.8 Å². The Balaban J connectivity index is 2.64. The van der Waals surface area contributed by atoms with Crippen LogP contribution in [-0.4, -0.2) is 29.1 Å². The lowest BCUT2D eigenvalue weighted by Gasteiger charge is -2.26. The van der Waals surface area contributed by atoms with Crippen LogP contribution in [0, 0.1) is 17.8 Å². The summed E-state index contributed by atoms with van der Waals surface area (Å²) >= 11 is 0. The maximum absolute atomic E-state index is 11.7. The largest absolute Gasteiger partial charge is 0.459 e. The molecule has 1 fully saturated rings. The number of hydrogen-bond acceptors (Lipinski definition) is 4. The first kappa shape index (κ1) is 16.6. The Labute approximate surface area is 120 Å². The van der Waals surface area contributed by atoms with Crippen LogP contribution in [0.2, 0.25) is 0 Å². The van der Waals surface area contributed by atoms with E-state index in [1.807, 2.05) is 0 Å². The van der Waals surface area contributed by atoms with E-state index < -0.39 is 12.1 Å². The zero-order chi connectivity index (χ0) is 15.4. The number of Topliss-reactive ketones (excluding diaryl/α,β-unsaturated/α-hetero) is 1. The molecule has 0 aliphatic heterocycles. The van der Waals surface area contributed by atoms with Gasteiger partial charge in [-0.1, -0.05) is 19.6 Å². The molecule has 1 rings (SSSR count). The summed E-state index contributed by atoms with van der Waals surface area (Å²) in [6.45, 7) is 12.5. The van der Waals surface area contributed by atoms with E-state index in [0.717, 1.165) is 0 Å². The van der Waals surface area contributed by atoms with Gasteiger partial charge in [0, 0.05) is 17.9 Å². The number of carbonyl (C=O) groups is 2. The van der Waals surface area contributed by atoms with E-state index in [2.05, 4.69) is 13.2 Å². The van der Waals surface area contributed by atoms with Crippen molar-refractivity contribution in [2.75, 3.05) is 0 Å². The molecular formula is C16H24O4. The minimum absolute atomic E-state index is 0.0492. The second kappa shape index (κ2) is 6.84. The third-order valence-corrected chi connectivity index (χ3v) is 4.01. The predicted octanol–water partition coefficient (Wildman–Crippen LogP) is 2.27. The molecule has 0 spiro atoms. The number of allylic oxidation sites excluding steroid dienone is 1. The third kappa shape index (κ3) is 3.79. The van der Waals surface area contributed by atoms with Crippen LogP contribution in [0.3, 0.4) is 0 Å². The molecule has 4 nitrogen and oxygen atoms in total. The van der Waals surface area contributed by atoms with Crippen LogP contribution in [-0.2, 0) is 14.3 Å². The highest BCUT2D eigenvalue weighted by Crippen LogP contribution is 2.36. The zero-order valence-electron chi connectivity index (χ0n) is 12.5. The van der Waals surface area contributed by atoms with Crippen molar-refractivity contribution in [3.05, 3.63) is 24.8 Å².